The van der Waals surface area contributed by atoms with Gasteiger partial charge in [-0.2, -0.15) is 3.89 Å². The number of hydrogen-bond donors (Lipinski definition) is 1. The minimum absolute atomic E-state index is 0.109. The zero-order chi connectivity index (χ0) is 17.2. The Morgan fingerprint density at radius 3 is 2.44 bits per heavy atom. The van der Waals surface area contributed by atoms with E-state index in [0.29, 0.717) is 29.4 Å². The van der Waals surface area contributed by atoms with E-state index in [0.717, 1.165) is 43.5 Å². The number of halogens is 1. The Morgan fingerprint density at radius 1 is 0.960 bits per heavy atom. The van der Waals surface area contributed by atoms with Crippen LogP contribution < -0.4 is 0 Å². The minimum atomic E-state index is -0.361. The highest BCUT2D eigenvalue weighted by molar-refractivity contribution is 7.94. The molecule has 1 aliphatic carbocycles. The molecule has 1 N–H and O–H groups in total. The number of nitrogens with zero attached hydrogens (tertiary/aromatic N) is 1. The second-order valence-corrected chi connectivity index (χ2v) is 7.83. The van der Waals surface area contributed by atoms with Gasteiger partial charge < -0.3 is 5.11 Å². The summed E-state index contributed by atoms with van der Waals surface area (Å²) in [5.74, 6) is 0.613. The third-order valence-corrected chi connectivity index (χ3v) is 6.42. The fourth-order valence-corrected chi connectivity index (χ4v) is 4.91. The first-order chi connectivity index (χ1) is 12.3. The molecule has 0 spiro atoms. The maximum absolute atomic E-state index is 13.3. The third kappa shape index (κ3) is 3.48. The lowest BCUT2D eigenvalue weighted by Gasteiger charge is -2.42. The van der Waals surface area contributed by atoms with Gasteiger partial charge in [0.2, 0.25) is 0 Å². The molecule has 0 saturated carbocycles. The molecule has 1 unspecified atom stereocenters. The monoisotopic (exact) mass is 357 g/mol. The van der Waals surface area contributed by atoms with E-state index in [4.69, 9.17) is 0 Å². The van der Waals surface area contributed by atoms with E-state index < -0.39 is 0 Å². The molecule has 2 atom stereocenters. The summed E-state index contributed by atoms with van der Waals surface area (Å²) in [6.45, 7) is 2.00. The lowest BCUT2D eigenvalue weighted by Crippen LogP contribution is -2.51. The lowest BCUT2D eigenvalue weighted by molar-refractivity contribution is 0.0289. The second kappa shape index (κ2) is 7.48. The van der Waals surface area contributed by atoms with Crippen LogP contribution in [0.25, 0.3) is 0 Å². The lowest BCUT2D eigenvalue weighted by atomic mass is 9.83. The number of aliphatic hydroxyl groups is 1. The topological polar surface area (TPSA) is 23.5 Å². The highest BCUT2D eigenvalue weighted by atomic mass is 32.2. The molecule has 2 aliphatic rings. The van der Waals surface area contributed by atoms with E-state index in [-0.39, 0.29) is 12.1 Å². The van der Waals surface area contributed by atoms with Crippen LogP contribution in [0.3, 0.4) is 0 Å². The van der Waals surface area contributed by atoms with Gasteiger partial charge >= 0.3 is 0 Å². The Kier molecular flexibility index (Phi) is 5.11. The van der Waals surface area contributed by atoms with E-state index in [1.807, 2.05) is 18.2 Å². The van der Waals surface area contributed by atoms with Crippen molar-refractivity contribution in [1.82, 2.24) is 4.90 Å². The van der Waals surface area contributed by atoms with Crippen LogP contribution in [-0.2, 0) is 12.8 Å². The fourth-order valence-electron chi connectivity index (χ4n) is 4.47. The van der Waals surface area contributed by atoms with Crippen LogP contribution in [0, 0.1) is 0 Å². The largest absolute Gasteiger partial charge is 0.391 e. The molecule has 132 valence electrons. The van der Waals surface area contributed by atoms with E-state index in [2.05, 4.69) is 35.2 Å². The summed E-state index contributed by atoms with van der Waals surface area (Å²) in [7, 11) is 0. The second-order valence-electron chi connectivity index (χ2n) is 7.23. The van der Waals surface area contributed by atoms with Crippen molar-refractivity contribution in [3.8, 4) is 0 Å². The molecule has 1 aliphatic heterocycles. The average molecular weight is 357 g/mol. The summed E-state index contributed by atoms with van der Waals surface area (Å²) in [4.78, 5) is 3.14. The van der Waals surface area contributed by atoms with Gasteiger partial charge in [-0.1, -0.05) is 42.5 Å². The minimum Gasteiger partial charge on any atom is -0.391 e. The van der Waals surface area contributed by atoms with Gasteiger partial charge in [-0.25, -0.2) is 0 Å². The first kappa shape index (κ1) is 17.1. The Balaban J connectivity index is 1.46. The molecule has 0 aromatic heterocycles. The van der Waals surface area contributed by atoms with Gasteiger partial charge in [-0.3, -0.25) is 4.90 Å². The van der Waals surface area contributed by atoms with E-state index >= 15 is 0 Å². The number of likely N-dealkylation sites (tertiary alicyclic amines) is 1. The molecular weight excluding hydrogens is 333 g/mol. The molecule has 1 saturated heterocycles. The van der Waals surface area contributed by atoms with E-state index in [1.54, 1.807) is 0 Å². The van der Waals surface area contributed by atoms with Crippen LogP contribution >= 0.6 is 12.1 Å². The molecule has 4 heteroatoms. The van der Waals surface area contributed by atoms with Gasteiger partial charge in [0.1, 0.15) is 0 Å². The van der Waals surface area contributed by atoms with E-state index in [9.17, 15) is 8.99 Å². The number of fused-ring (bicyclic) bond motifs is 1. The SMILES string of the molecule is OC1Cc2cccc(SF)c2C[C@H]1N1CCC(c2ccccc2)CC1. The summed E-state index contributed by atoms with van der Waals surface area (Å²) in [6.07, 6.45) is 3.27. The summed E-state index contributed by atoms with van der Waals surface area (Å²) in [5.41, 5.74) is 3.62. The maximum atomic E-state index is 13.3. The molecule has 1 fully saturated rings. The molecule has 1 heterocycles. The van der Waals surface area contributed by atoms with Crippen molar-refractivity contribution in [2.45, 2.75) is 48.6 Å². The number of rotatable bonds is 3. The van der Waals surface area contributed by atoms with Crippen LogP contribution in [0.1, 0.15) is 35.4 Å². The number of hydrogen-bond acceptors (Lipinski definition) is 3. The van der Waals surface area contributed by atoms with Crippen molar-refractivity contribution in [3.05, 3.63) is 65.2 Å². The molecule has 0 amide bonds. The first-order valence-electron chi connectivity index (χ1n) is 9.12. The first-order valence-corrected chi connectivity index (χ1v) is 9.84. The molecular formula is C21H24FNOS. The molecule has 0 radical (unpaired) electrons. The highest BCUT2D eigenvalue weighted by Gasteiger charge is 2.34. The van der Waals surface area contributed by atoms with Gasteiger partial charge in [0.05, 0.1) is 18.3 Å². The van der Waals surface area contributed by atoms with Crippen molar-refractivity contribution in [2.24, 2.45) is 0 Å². The van der Waals surface area contributed by atoms with Crippen LogP contribution in [0.15, 0.2) is 53.4 Å². The molecule has 0 bridgehead atoms. The molecule has 2 nitrogen and oxygen atoms in total. The fraction of sp³-hybridized carbons (Fsp3) is 0.429. The Labute approximate surface area is 153 Å². The third-order valence-electron chi connectivity index (χ3n) is 5.87. The maximum Gasteiger partial charge on any atom is 0.0815 e. The van der Waals surface area contributed by atoms with Crippen LogP contribution in [0.2, 0.25) is 0 Å². The zero-order valence-electron chi connectivity index (χ0n) is 14.3. The standard InChI is InChI=1S/C21H24FNOS/c22-25-21-8-4-7-17-13-20(24)19(14-18(17)21)23-11-9-16(10-12-23)15-5-2-1-3-6-15/h1-8,16,19-20,24H,9-14H2/t19-,20?/m1/s1. The number of benzene rings is 2. The Bertz CT molecular complexity index is 715. The molecule has 2 aromatic carbocycles. The van der Waals surface area contributed by atoms with Crippen LogP contribution in [0.5, 0.6) is 0 Å². The smallest absolute Gasteiger partial charge is 0.0815 e. The number of piperidine rings is 1. The quantitative estimate of drug-likeness (QED) is 0.882. The highest BCUT2D eigenvalue weighted by Crippen LogP contribution is 2.35. The Hall–Kier alpha value is -1.36. The van der Waals surface area contributed by atoms with Gasteiger partial charge in [0.15, 0.2) is 0 Å². The average Bonchev–Trinajstić information content (AvgIpc) is 2.68. The summed E-state index contributed by atoms with van der Waals surface area (Å²) < 4.78 is 13.3. The molecule has 25 heavy (non-hydrogen) atoms. The van der Waals surface area contributed by atoms with Crippen molar-refractivity contribution in [1.29, 1.82) is 0 Å². The summed E-state index contributed by atoms with van der Waals surface area (Å²) >= 11 is 0.331. The predicted octanol–water partition coefficient (Wildman–Crippen LogP) is 4.37. The van der Waals surface area contributed by atoms with Crippen molar-refractivity contribution < 1.29 is 8.99 Å². The van der Waals surface area contributed by atoms with E-state index in [1.165, 1.54) is 5.56 Å². The predicted molar refractivity (Wildman–Crippen MR) is 101 cm³/mol. The summed E-state index contributed by atoms with van der Waals surface area (Å²) in [5, 5.41) is 10.7. The van der Waals surface area contributed by atoms with Crippen molar-refractivity contribution in [3.63, 3.8) is 0 Å². The number of aliphatic hydroxyl groups excluding tert-OH is 1. The van der Waals surface area contributed by atoms with Crippen molar-refractivity contribution >= 4 is 12.1 Å². The van der Waals surface area contributed by atoms with Gasteiger partial charge in [0, 0.05) is 17.4 Å². The Morgan fingerprint density at radius 2 is 1.72 bits per heavy atom. The van der Waals surface area contributed by atoms with Crippen molar-refractivity contribution in [2.75, 3.05) is 13.1 Å². The van der Waals surface area contributed by atoms with Gasteiger partial charge in [0.25, 0.3) is 0 Å². The van der Waals surface area contributed by atoms with Crippen LogP contribution in [0.4, 0.5) is 3.89 Å². The van der Waals surface area contributed by atoms with Gasteiger partial charge in [-0.15, -0.1) is 0 Å². The molecule has 2 aromatic rings. The van der Waals surface area contributed by atoms with Gasteiger partial charge in [-0.05, 0) is 61.0 Å². The molecule has 4 rings (SSSR count). The normalized spacial score (nSPS) is 24.9. The summed E-state index contributed by atoms with van der Waals surface area (Å²) in [6, 6.07) is 16.6. The van der Waals surface area contributed by atoms with Crippen LogP contribution in [-0.4, -0.2) is 35.2 Å². The zero-order valence-corrected chi connectivity index (χ0v) is 15.1.